The number of carbonyl (C=O) groups is 2. The number of hydrogen-bond acceptors (Lipinski definition) is 18. The topological polar surface area (TPSA) is 375 Å². The molecule has 0 aliphatic heterocycles. The van der Waals surface area contributed by atoms with Crippen molar-refractivity contribution in [2.75, 3.05) is 11.5 Å². The van der Waals surface area contributed by atoms with E-state index in [1.54, 1.807) is 0 Å². The second kappa shape index (κ2) is 23.8. The first-order valence-corrected chi connectivity index (χ1v) is 20.7. The quantitative estimate of drug-likeness (QED) is 0.0246. The number of carboxylic acids is 2. The third kappa shape index (κ3) is 13.4. The van der Waals surface area contributed by atoms with Gasteiger partial charge in [-0.25, -0.2) is 9.59 Å². The van der Waals surface area contributed by atoms with Crippen molar-refractivity contribution in [1.29, 1.82) is 0 Å². The molecular weight excluding hydrogens is 969 g/mol. The molecule has 326 valence electrons. The number of aromatic hydroxyl groups is 2. The van der Waals surface area contributed by atoms with Gasteiger partial charge in [0, 0.05) is 140 Å². The molecule has 0 aliphatic carbocycles. The zero-order valence-corrected chi connectivity index (χ0v) is 45.7. The first-order chi connectivity index (χ1) is 30.3. The number of aromatic carboxylic acids is 2. The normalized spacial score (nSPS) is 11.7. The second-order valence-electron chi connectivity index (χ2n) is 13.4. The van der Waals surface area contributed by atoms with Crippen molar-refractivity contribution >= 4 is 229 Å². The van der Waals surface area contributed by atoms with E-state index < -0.39 is 64.6 Å². The minimum atomic E-state index is -4.70. The van der Waals surface area contributed by atoms with Gasteiger partial charge in [0.15, 0.2) is 0 Å². The van der Waals surface area contributed by atoms with E-state index in [2.05, 4.69) is 40.9 Å². The van der Waals surface area contributed by atoms with Crippen LogP contribution in [0, 0.1) is 0 Å². The van der Waals surface area contributed by atoms with Crippen LogP contribution in [0.1, 0.15) is 20.7 Å². The maximum Gasteiger partial charge on any atom is 0.339 e. The van der Waals surface area contributed by atoms with Gasteiger partial charge in [0.1, 0.15) is 34.0 Å². The van der Waals surface area contributed by atoms with Crippen LogP contribution in [0.4, 0.5) is 56.9 Å². The monoisotopic (exact) mass is 996 g/mol. The Hall–Kier alpha value is -4.58. The molecule has 7 aromatic rings. The number of benzene rings is 7. The average molecular weight is 997 g/mol. The molecule has 0 aliphatic rings. The van der Waals surface area contributed by atoms with Crippen LogP contribution in [-0.4, -0.2) is 177 Å². The molecule has 0 bridgehead atoms. The van der Waals surface area contributed by atoms with Crippen LogP contribution in [-0.2, 0) is 20.2 Å². The van der Waals surface area contributed by atoms with Crippen LogP contribution in [0.2, 0.25) is 0 Å². The van der Waals surface area contributed by atoms with Gasteiger partial charge in [0.2, 0.25) is 0 Å². The number of nitrogens with zero attached hydrogens (tertiary/aromatic N) is 8. The molecule has 22 nitrogen and oxygen atoms in total. The molecule has 4 radical (unpaired) electrons. The van der Waals surface area contributed by atoms with Crippen LogP contribution >= 0.6 is 0 Å². The van der Waals surface area contributed by atoms with Crippen molar-refractivity contribution in [2.24, 2.45) is 40.9 Å². The molecule has 0 amide bonds. The summed E-state index contributed by atoms with van der Waals surface area (Å²) in [5, 5.41) is 72.6. The van der Waals surface area contributed by atoms with Gasteiger partial charge < -0.3 is 31.9 Å². The van der Waals surface area contributed by atoms with E-state index >= 15 is 0 Å². The van der Waals surface area contributed by atoms with Gasteiger partial charge in [-0.05, 0) is 97.1 Å². The number of fused-ring (bicyclic) bond motifs is 2. The molecule has 0 saturated carbocycles. The van der Waals surface area contributed by atoms with Gasteiger partial charge in [-0.2, -0.15) is 27.1 Å². The van der Waals surface area contributed by atoms with E-state index in [9.17, 15) is 56.0 Å². The summed E-state index contributed by atoms with van der Waals surface area (Å²) in [7, 11) is -9.39. The fraction of sp³-hybridized carbons (Fsp3) is 0. The SMILES string of the molecule is Nc1cc(N)c(N=Nc2ccc(N=Nc3ccc(O)c(C(=O)O)c3)c3ccc(S(=O)(=O)O)cc23)cc1N=Nc1ccc(N=Nc2ccc(O)c(C(=O)O)c2)c2ccc(S(=O)(=O)O)cc12.[Na].[Na].[Na].[Na]. The Kier molecular flexibility index (Phi) is 20.2. The van der Waals surface area contributed by atoms with E-state index in [1.165, 1.54) is 60.7 Å². The zero-order chi connectivity index (χ0) is 46.1. The van der Waals surface area contributed by atoms with Crippen LogP contribution in [0.15, 0.2) is 160 Å². The number of carboxylic acid groups (broad SMARTS) is 2. The number of nitrogens with two attached hydrogens (primary N) is 2. The molecule has 28 heteroatoms. The standard InChI is InChI=1S/C40H28N10O12S2.4Na/c41-29-17-30(42)36(50-48-34-10-8-32(24-6-4-22(16-26(24)34)64(60,61)62)46-44-20-2-12-38(52)28(14-20)40(55)56)18-35(29)49-47-33-9-7-31(23-5-3-21(15-25(23)33)63(57,58)59)45-43-19-1-11-37(51)27(13-19)39(53)54;;;;/h1-18,51-52H,41-42H2,(H,53,54)(H,55,56)(H,57,58,59)(H,60,61,62);;;;. The van der Waals surface area contributed by atoms with Crippen molar-refractivity contribution in [2.45, 2.75) is 9.79 Å². The van der Waals surface area contributed by atoms with E-state index in [-0.39, 0.29) is 197 Å². The largest absolute Gasteiger partial charge is 0.507 e. The van der Waals surface area contributed by atoms with Crippen molar-refractivity contribution in [3.8, 4) is 11.5 Å². The summed E-state index contributed by atoms with van der Waals surface area (Å²) in [4.78, 5) is 22.0. The van der Waals surface area contributed by atoms with E-state index in [1.807, 2.05) is 0 Å². The Bertz CT molecular complexity index is 3270. The van der Waals surface area contributed by atoms with Crippen LogP contribution in [0.25, 0.3) is 21.5 Å². The summed E-state index contributed by atoms with van der Waals surface area (Å²) in [5.41, 5.74) is 12.4. The molecule has 0 fully saturated rings. The Labute approximate surface area is 473 Å². The number of hydrogen-bond donors (Lipinski definition) is 8. The molecule has 7 rings (SSSR count). The first kappa shape index (κ1) is 57.7. The molecule has 10 N–H and O–H groups in total. The second-order valence-corrected chi connectivity index (χ2v) is 16.2. The van der Waals surface area contributed by atoms with Crippen LogP contribution in [0.5, 0.6) is 11.5 Å². The van der Waals surface area contributed by atoms with Gasteiger partial charge in [0.05, 0.1) is 55.3 Å². The summed E-state index contributed by atoms with van der Waals surface area (Å²) >= 11 is 0. The Morgan fingerprint density at radius 2 is 0.721 bits per heavy atom. The molecule has 0 atom stereocenters. The summed E-state index contributed by atoms with van der Waals surface area (Å²) in [6, 6.07) is 22.7. The number of nitrogen functional groups attached to an aromatic ring is 2. The summed E-state index contributed by atoms with van der Waals surface area (Å²) in [6.45, 7) is 0. The Morgan fingerprint density at radius 3 is 1.06 bits per heavy atom. The van der Waals surface area contributed by atoms with E-state index in [0.29, 0.717) is 0 Å². The predicted octanol–water partition coefficient (Wildman–Crippen LogP) is 8.60. The third-order valence-corrected chi connectivity index (χ3v) is 10.9. The first-order valence-electron chi connectivity index (χ1n) is 17.8. The van der Waals surface area contributed by atoms with Gasteiger partial charge in [-0.15, -0.1) is 30.7 Å². The van der Waals surface area contributed by atoms with Crippen molar-refractivity contribution in [3.05, 3.63) is 120 Å². The maximum atomic E-state index is 12.1. The molecule has 0 saturated heterocycles. The minimum Gasteiger partial charge on any atom is -0.507 e. The van der Waals surface area contributed by atoms with Gasteiger partial charge in [-0.1, -0.05) is 12.1 Å². The Balaban J connectivity index is 0.00000306. The number of phenols is 2. The summed E-state index contributed by atoms with van der Waals surface area (Å²) < 4.78 is 68.0. The summed E-state index contributed by atoms with van der Waals surface area (Å²) in [6.07, 6.45) is 0. The number of azo groups is 4. The van der Waals surface area contributed by atoms with E-state index in [4.69, 9.17) is 11.5 Å². The van der Waals surface area contributed by atoms with Gasteiger partial charge in [0.25, 0.3) is 20.2 Å². The molecule has 0 spiro atoms. The molecular formula is C40H28N10Na4O12S2. The summed E-state index contributed by atoms with van der Waals surface area (Å²) in [5.74, 6) is -3.75. The zero-order valence-electron chi connectivity index (χ0n) is 36.1. The van der Waals surface area contributed by atoms with Gasteiger partial charge >= 0.3 is 11.9 Å². The van der Waals surface area contributed by atoms with Crippen LogP contribution < -0.4 is 11.5 Å². The predicted molar refractivity (Wildman–Crippen MR) is 253 cm³/mol. The minimum absolute atomic E-state index is 0. The molecule has 0 unspecified atom stereocenters. The fourth-order valence-electron chi connectivity index (χ4n) is 6.00. The van der Waals surface area contributed by atoms with Crippen molar-refractivity contribution < 1.29 is 56.0 Å². The smallest absolute Gasteiger partial charge is 0.339 e. The average Bonchev–Trinajstić information content (AvgIpc) is 3.24. The maximum absolute atomic E-state index is 12.1. The Morgan fingerprint density at radius 1 is 0.397 bits per heavy atom. The van der Waals surface area contributed by atoms with Crippen LogP contribution in [0.3, 0.4) is 0 Å². The number of rotatable bonds is 12. The fourth-order valence-corrected chi connectivity index (χ4v) is 7.01. The molecule has 0 heterocycles. The molecule has 0 aromatic heterocycles. The van der Waals surface area contributed by atoms with E-state index in [0.717, 1.165) is 48.5 Å². The van der Waals surface area contributed by atoms with Crippen molar-refractivity contribution in [3.63, 3.8) is 0 Å². The number of anilines is 2. The van der Waals surface area contributed by atoms with Gasteiger partial charge in [-0.3, -0.25) is 9.11 Å². The van der Waals surface area contributed by atoms with Crippen molar-refractivity contribution in [1.82, 2.24) is 0 Å². The third-order valence-electron chi connectivity index (χ3n) is 9.15. The molecule has 7 aromatic carbocycles. The molecule has 68 heavy (non-hydrogen) atoms.